The number of anilines is 1. The Morgan fingerprint density at radius 3 is 2.57 bits per heavy atom. The molecule has 12 heteroatoms. The first-order valence-electron chi connectivity index (χ1n) is 10.6. The number of nitrogens with zero attached hydrogens (tertiary/aromatic N) is 3. The second-order valence-electron chi connectivity index (χ2n) is 7.65. The van der Waals surface area contributed by atoms with Gasteiger partial charge in [0.25, 0.3) is 0 Å². The monoisotopic (exact) mass is 505 g/mol. The molecule has 184 valence electrons. The molecule has 1 saturated heterocycles. The summed E-state index contributed by atoms with van der Waals surface area (Å²) in [7, 11) is 2.51. The molecule has 0 unspecified atom stereocenters. The molecule has 2 aromatic heterocycles. The number of methoxy groups -OCH3 is 2. The van der Waals surface area contributed by atoms with E-state index in [-0.39, 0.29) is 51.8 Å². The van der Waals surface area contributed by atoms with Crippen LogP contribution in [-0.4, -0.2) is 60.4 Å². The molecule has 1 aromatic carbocycles. The number of amides is 1. The number of aromatic nitrogens is 3. The Bertz CT molecular complexity index is 1260. The highest BCUT2D eigenvalue weighted by atomic mass is 35.5. The van der Waals surface area contributed by atoms with Gasteiger partial charge in [-0.3, -0.25) is 4.79 Å². The molecule has 0 spiro atoms. The van der Waals surface area contributed by atoms with Crippen LogP contribution < -0.4 is 20.1 Å². The third-order valence-electron chi connectivity index (χ3n) is 5.54. The molecule has 0 radical (unpaired) electrons. The molecule has 2 atom stereocenters. The van der Waals surface area contributed by atoms with Crippen molar-refractivity contribution in [2.24, 2.45) is 0 Å². The highest BCUT2D eigenvalue weighted by Crippen LogP contribution is 2.38. The van der Waals surface area contributed by atoms with Crippen molar-refractivity contribution in [3.05, 3.63) is 47.8 Å². The van der Waals surface area contributed by atoms with Crippen molar-refractivity contribution in [3.63, 3.8) is 0 Å². The lowest BCUT2D eigenvalue weighted by Crippen LogP contribution is -2.52. The molecular formula is C23H22ClF2N5O4. The van der Waals surface area contributed by atoms with Crippen molar-refractivity contribution in [3.8, 4) is 22.8 Å². The number of hydrogen-bond acceptors (Lipinski definition) is 8. The minimum atomic E-state index is -0.946. The Kier molecular flexibility index (Phi) is 7.27. The van der Waals surface area contributed by atoms with Gasteiger partial charge in [-0.25, -0.2) is 23.7 Å². The summed E-state index contributed by atoms with van der Waals surface area (Å²) >= 11 is 6.37. The van der Waals surface area contributed by atoms with Crippen molar-refractivity contribution in [2.75, 3.05) is 32.8 Å². The van der Waals surface area contributed by atoms with Gasteiger partial charge >= 0.3 is 0 Å². The third kappa shape index (κ3) is 4.96. The molecule has 0 bridgehead atoms. The molecule has 35 heavy (non-hydrogen) atoms. The number of nitrogens with one attached hydrogen (secondary N) is 2. The summed E-state index contributed by atoms with van der Waals surface area (Å²) in [6.07, 6.45) is 3.25. The Hall–Kier alpha value is -3.57. The molecule has 2 N–H and O–H groups in total. The summed E-state index contributed by atoms with van der Waals surface area (Å²) in [5, 5.41) is 6.32. The van der Waals surface area contributed by atoms with E-state index in [0.717, 1.165) is 6.07 Å². The molecule has 4 rings (SSSR count). The van der Waals surface area contributed by atoms with Crippen LogP contribution in [0.3, 0.4) is 0 Å². The van der Waals surface area contributed by atoms with Crippen LogP contribution in [-0.2, 0) is 9.53 Å². The highest BCUT2D eigenvalue weighted by Gasteiger charge is 2.28. The van der Waals surface area contributed by atoms with Gasteiger partial charge in [0, 0.05) is 24.3 Å². The first kappa shape index (κ1) is 24.6. The van der Waals surface area contributed by atoms with Gasteiger partial charge in [0.05, 0.1) is 44.2 Å². The zero-order valence-corrected chi connectivity index (χ0v) is 19.7. The summed E-state index contributed by atoms with van der Waals surface area (Å²) in [4.78, 5) is 24.6. The lowest BCUT2D eigenvalue weighted by Gasteiger charge is -2.32. The number of carbonyl (C=O) groups is 1. The van der Waals surface area contributed by atoms with Gasteiger partial charge in [0.15, 0.2) is 28.3 Å². The van der Waals surface area contributed by atoms with Crippen LogP contribution in [0.25, 0.3) is 22.2 Å². The first-order chi connectivity index (χ1) is 16.9. The maximum absolute atomic E-state index is 15.0. The quantitative estimate of drug-likeness (QED) is 0.371. The van der Waals surface area contributed by atoms with Gasteiger partial charge in [-0.2, -0.15) is 0 Å². The predicted molar refractivity (Wildman–Crippen MR) is 126 cm³/mol. The van der Waals surface area contributed by atoms with E-state index >= 15 is 0 Å². The number of pyridine rings is 1. The van der Waals surface area contributed by atoms with Gasteiger partial charge in [-0.05, 0) is 18.6 Å². The van der Waals surface area contributed by atoms with E-state index in [1.807, 2.05) is 0 Å². The summed E-state index contributed by atoms with van der Waals surface area (Å²) < 4.78 is 45.4. The zero-order chi connectivity index (χ0) is 25.1. The first-order valence-corrected chi connectivity index (χ1v) is 10.9. The minimum absolute atomic E-state index is 0.0770. The Morgan fingerprint density at radius 1 is 1.20 bits per heavy atom. The zero-order valence-electron chi connectivity index (χ0n) is 18.9. The van der Waals surface area contributed by atoms with Gasteiger partial charge in [0.1, 0.15) is 5.52 Å². The molecule has 3 aromatic rings. The third-order valence-corrected chi connectivity index (χ3v) is 5.80. The molecule has 0 aliphatic carbocycles. The van der Waals surface area contributed by atoms with Crippen LogP contribution in [0.15, 0.2) is 31.0 Å². The van der Waals surface area contributed by atoms with Crippen molar-refractivity contribution >= 4 is 34.4 Å². The maximum Gasteiger partial charge on any atom is 0.243 e. The summed E-state index contributed by atoms with van der Waals surface area (Å²) in [5.74, 6) is -2.38. The molecular weight excluding hydrogens is 484 g/mol. The highest BCUT2D eigenvalue weighted by molar-refractivity contribution is 6.34. The molecule has 9 nitrogen and oxygen atoms in total. The molecule has 1 aliphatic rings. The second kappa shape index (κ2) is 10.4. The van der Waals surface area contributed by atoms with Crippen LogP contribution in [0.4, 0.5) is 14.7 Å². The molecule has 0 saturated carbocycles. The van der Waals surface area contributed by atoms with Crippen molar-refractivity contribution in [1.29, 1.82) is 0 Å². The average molecular weight is 506 g/mol. The van der Waals surface area contributed by atoms with Crippen LogP contribution in [0.5, 0.6) is 11.5 Å². The Balaban J connectivity index is 1.69. The fourth-order valence-electron chi connectivity index (χ4n) is 3.77. The topological polar surface area (TPSA) is 107 Å². The van der Waals surface area contributed by atoms with Crippen molar-refractivity contribution in [1.82, 2.24) is 20.3 Å². The number of ether oxygens (including phenoxy) is 3. The van der Waals surface area contributed by atoms with Gasteiger partial charge in [0.2, 0.25) is 11.9 Å². The predicted octanol–water partition coefficient (Wildman–Crippen LogP) is 3.51. The Labute approximate surface area is 204 Å². The van der Waals surface area contributed by atoms with E-state index in [4.69, 9.17) is 25.8 Å². The average Bonchev–Trinajstić information content (AvgIpc) is 2.86. The smallest absolute Gasteiger partial charge is 0.243 e. The van der Waals surface area contributed by atoms with Crippen molar-refractivity contribution < 1.29 is 27.8 Å². The Morgan fingerprint density at radius 2 is 1.91 bits per heavy atom. The molecule has 3 heterocycles. The fourth-order valence-corrected chi connectivity index (χ4v) is 4.01. The maximum atomic E-state index is 15.0. The van der Waals surface area contributed by atoms with E-state index in [9.17, 15) is 13.6 Å². The number of halogens is 3. The minimum Gasteiger partial charge on any atom is -0.494 e. The lowest BCUT2D eigenvalue weighted by atomic mass is 10.0. The van der Waals surface area contributed by atoms with Crippen LogP contribution >= 0.6 is 11.6 Å². The van der Waals surface area contributed by atoms with Gasteiger partial charge in [-0.1, -0.05) is 18.2 Å². The summed E-state index contributed by atoms with van der Waals surface area (Å²) in [6.45, 7) is 4.29. The van der Waals surface area contributed by atoms with Crippen molar-refractivity contribution in [2.45, 2.75) is 18.5 Å². The summed E-state index contributed by atoms with van der Waals surface area (Å²) in [6, 6.07) is 2.00. The number of benzene rings is 1. The lowest BCUT2D eigenvalue weighted by molar-refractivity contribution is -0.117. The molecule has 1 fully saturated rings. The van der Waals surface area contributed by atoms with Crippen LogP contribution in [0.1, 0.15) is 6.42 Å². The number of carbonyl (C=O) groups excluding carboxylic acids is 1. The normalized spacial score (nSPS) is 17.6. The largest absolute Gasteiger partial charge is 0.494 e. The number of hydrogen-bond donors (Lipinski definition) is 2. The van der Waals surface area contributed by atoms with E-state index in [1.54, 1.807) is 0 Å². The van der Waals surface area contributed by atoms with E-state index in [2.05, 4.69) is 32.2 Å². The van der Waals surface area contributed by atoms with Gasteiger partial charge < -0.3 is 24.8 Å². The van der Waals surface area contributed by atoms with E-state index in [0.29, 0.717) is 25.0 Å². The number of fused-ring (bicyclic) bond motifs is 1. The second-order valence-corrected chi connectivity index (χ2v) is 8.01. The molecule has 1 amide bonds. The van der Waals surface area contributed by atoms with E-state index in [1.165, 1.54) is 32.6 Å². The molecule has 1 aliphatic heterocycles. The van der Waals surface area contributed by atoms with Crippen LogP contribution in [0.2, 0.25) is 5.15 Å². The van der Waals surface area contributed by atoms with E-state index < -0.39 is 17.2 Å². The fraction of sp³-hybridized carbons (Fsp3) is 0.304. The standard InChI is InChI=1S/C23H22ClF2N5O4/c1-4-17(32)28-12-5-6-35-10-14(12)30-23-27-9-11-7-13(29-22(24)21(11)31-23)18-19(25)15(33-2)8-16(34-3)20(18)26/h4,7-9,12,14H,1,5-6,10H2,2-3H3,(H,28,32)(H,27,30,31)/t12-,14+/m0/s1. The number of rotatable bonds is 7. The summed E-state index contributed by atoms with van der Waals surface area (Å²) in [5.41, 5.74) is -0.258. The van der Waals surface area contributed by atoms with Crippen LogP contribution in [0, 0.1) is 11.6 Å². The SMILES string of the molecule is C=CC(=O)N[C@H]1CCOC[C@H]1Nc1ncc2cc(-c3c(F)c(OC)cc(OC)c3F)nc(Cl)c2n1. The van der Waals surface area contributed by atoms with Gasteiger partial charge in [-0.15, -0.1) is 0 Å².